The molecule has 0 radical (unpaired) electrons. The van der Waals surface area contributed by atoms with E-state index in [1.54, 1.807) is 26.0 Å². The summed E-state index contributed by atoms with van der Waals surface area (Å²) < 4.78 is 15.7. The molecule has 1 aliphatic rings. The summed E-state index contributed by atoms with van der Waals surface area (Å²) in [5.74, 6) is -1.09. The number of allylic oxidation sites excluding steroid dienone is 2. The quantitative estimate of drug-likeness (QED) is 0.472. The third-order valence-electron chi connectivity index (χ3n) is 4.29. The minimum atomic E-state index is -0.714. The van der Waals surface area contributed by atoms with Crippen LogP contribution in [0.5, 0.6) is 5.75 Å². The Bertz CT molecular complexity index is 930. The summed E-state index contributed by atoms with van der Waals surface area (Å²) in [5.41, 5.74) is 1.78. The molecule has 0 spiro atoms. The van der Waals surface area contributed by atoms with Crippen molar-refractivity contribution >= 4 is 23.7 Å². The summed E-state index contributed by atoms with van der Waals surface area (Å²) >= 11 is 1.15. The summed E-state index contributed by atoms with van der Waals surface area (Å²) in [7, 11) is 1.53. The van der Waals surface area contributed by atoms with Crippen molar-refractivity contribution in [3.05, 3.63) is 64.4 Å². The Morgan fingerprint density at radius 2 is 2.07 bits per heavy atom. The highest BCUT2D eigenvalue weighted by Gasteiger charge is 2.37. The Hall–Kier alpha value is -3.18. The van der Waals surface area contributed by atoms with Crippen LogP contribution >= 0.6 is 11.8 Å². The zero-order valence-corrected chi connectivity index (χ0v) is 18.0. The molecular weight excluding hydrogens is 404 g/mol. The lowest BCUT2D eigenvalue weighted by Crippen LogP contribution is -2.29. The zero-order valence-electron chi connectivity index (χ0n) is 17.2. The molecule has 0 aliphatic carbocycles. The van der Waals surface area contributed by atoms with Crippen LogP contribution in [-0.2, 0) is 19.1 Å². The Balaban J connectivity index is 2.56. The van der Waals surface area contributed by atoms with Crippen LogP contribution in [0.4, 0.5) is 0 Å². The molecule has 0 amide bonds. The van der Waals surface area contributed by atoms with Crippen LogP contribution in [0.1, 0.15) is 25.3 Å². The number of hydrogen-bond acceptors (Lipinski definition) is 8. The molecule has 8 heteroatoms. The predicted octanol–water partition coefficient (Wildman–Crippen LogP) is 3.42. The van der Waals surface area contributed by atoms with E-state index in [1.807, 2.05) is 12.1 Å². The van der Waals surface area contributed by atoms with Gasteiger partial charge in [0.05, 0.1) is 47.6 Å². The van der Waals surface area contributed by atoms with Crippen molar-refractivity contribution in [2.45, 2.75) is 19.8 Å². The maximum atomic E-state index is 12.8. The summed E-state index contributed by atoms with van der Waals surface area (Å²) in [6, 6.07) is 9.38. The summed E-state index contributed by atoms with van der Waals surface area (Å²) in [6.07, 6.45) is 1.48. The lowest BCUT2D eigenvalue weighted by atomic mass is 9.82. The minimum Gasteiger partial charge on any atom is -0.496 e. The molecule has 2 rings (SSSR count). The van der Waals surface area contributed by atoms with Gasteiger partial charge in [-0.05, 0) is 19.9 Å². The lowest BCUT2D eigenvalue weighted by molar-refractivity contribution is -0.140. The molecule has 1 aromatic carbocycles. The second kappa shape index (κ2) is 11.1. The largest absolute Gasteiger partial charge is 0.496 e. The number of dihydropyridines is 1. The number of rotatable bonds is 9. The van der Waals surface area contributed by atoms with E-state index < -0.39 is 11.9 Å². The van der Waals surface area contributed by atoms with Crippen LogP contribution in [-0.4, -0.2) is 38.0 Å². The zero-order chi connectivity index (χ0) is 22.1. The van der Waals surface area contributed by atoms with E-state index in [0.29, 0.717) is 33.2 Å². The SMILES string of the molecule is C=CCOC(=O)C1=C(C)NC(SCC(=O)OCC)=C(C#N)[C@@H]1c1ccccc1OC. The van der Waals surface area contributed by atoms with Gasteiger partial charge in [0.25, 0.3) is 0 Å². The van der Waals surface area contributed by atoms with Crippen molar-refractivity contribution in [1.29, 1.82) is 5.26 Å². The number of nitrogens with zero attached hydrogens (tertiary/aromatic N) is 1. The Morgan fingerprint density at radius 1 is 1.33 bits per heavy atom. The van der Waals surface area contributed by atoms with Crippen molar-refractivity contribution in [2.24, 2.45) is 0 Å². The van der Waals surface area contributed by atoms with E-state index in [9.17, 15) is 14.9 Å². The number of carbonyl (C=O) groups is 2. The monoisotopic (exact) mass is 428 g/mol. The van der Waals surface area contributed by atoms with Gasteiger partial charge < -0.3 is 19.5 Å². The molecule has 0 aromatic heterocycles. The fourth-order valence-corrected chi connectivity index (χ4v) is 3.95. The van der Waals surface area contributed by atoms with Gasteiger partial charge in [0.2, 0.25) is 0 Å². The number of benzene rings is 1. The number of thioether (sulfide) groups is 1. The van der Waals surface area contributed by atoms with Gasteiger partial charge in [-0.15, -0.1) is 0 Å². The van der Waals surface area contributed by atoms with Crippen LogP contribution in [0.15, 0.2) is 58.8 Å². The highest BCUT2D eigenvalue weighted by atomic mass is 32.2. The number of ether oxygens (including phenoxy) is 3. The topological polar surface area (TPSA) is 97.6 Å². The molecule has 1 N–H and O–H groups in total. The van der Waals surface area contributed by atoms with Crippen LogP contribution in [0.25, 0.3) is 0 Å². The number of para-hydroxylation sites is 1. The first kappa shape index (κ1) is 23.1. The van der Waals surface area contributed by atoms with Gasteiger partial charge >= 0.3 is 11.9 Å². The minimum absolute atomic E-state index is 0.0313. The number of nitriles is 1. The van der Waals surface area contributed by atoms with Crippen LogP contribution < -0.4 is 10.1 Å². The predicted molar refractivity (Wildman–Crippen MR) is 114 cm³/mol. The van der Waals surface area contributed by atoms with Gasteiger partial charge in [-0.1, -0.05) is 42.6 Å². The average molecular weight is 429 g/mol. The second-order valence-electron chi connectivity index (χ2n) is 6.17. The summed E-state index contributed by atoms with van der Waals surface area (Å²) in [5, 5.41) is 13.5. The maximum Gasteiger partial charge on any atom is 0.337 e. The van der Waals surface area contributed by atoms with Gasteiger partial charge in [0.15, 0.2) is 0 Å². The molecule has 0 fully saturated rings. The van der Waals surface area contributed by atoms with Gasteiger partial charge in [-0.2, -0.15) is 5.26 Å². The van der Waals surface area contributed by atoms with Crippen molar-refractivity contribution < 1.29 is 23.8 Å². The molecule has 1 atom stereocenters. The highest BCUT2D eigenvalue weighted by Crippen LogP contribution is 2.43. The van der Waals surface area contributed by atoms with E-state index in [4.69, 9.17) is 14.2 Å². The van der Waals surface area contributed by atoms with Crippen molar-refractivity contribution in [3.63, 3.8) is 0 Å². The molecule has 1 heterocycles. The Kier molecular flexibility index (Phi) is 8.56. The lowest BCUT2D eigenvalue weighted by Gasteiger charge is -2.30. The number of carbonyl (C=O) groups excluding carboxylic acids is 2. The first-order valence-electron chi connectivity index (χ1n) is 9.29. The molecule has 0 saturated heterocycles. The third kappa shape index (κ3) is 5.24. The maximum absolute atomic E-state index is 12.8. The van der Waals surface area contributed by atoms with Crippen LogP contribution in [0, 0.1) is 11.3 Å². The first-order chi connectivity index (χ1) is 14.5. The molecular formula is C22H24N2O5S. The standard InChI is InChI=1S/C22H24N2O5S/c1-5-11-29-22(26)19-14(3)24-21(30-13-18(25)28-6-2)16(12-23)20(19)15-9-7-8-10-17(15)27-4/h5,7-10,20,24H,1,6,11,13H2,2-4H3/t20-/m0/s1. The fourth-order valence-electron chi connectivity index (χ4n) is 3.06. The summed E-state index contributed by atoms with van der Waals surface area (Å²) in [4.78, 5) is 24.7. The van der Waals surface area contributed by atoms with E-state index >= 15 is 0 Å². The van der Waals surface area contributed by atoms with Gasteiger partial charge in [0, 0.05) is 11.3 Å². The van der Waals surface area contributed by atoms with E-state index in [1.165, 1.54) is 13.2 Å². The van der Waals surface area contributed by atoms with Gasteiger partial charge in [-0.3, -0.25) is 4.79 Å². The number of hydrogen-bond donors (Lipinski definition) is 1. The molecule has 0 saturated carbocycles. The smallest absolute Gasteiger partial charge is 0.337 e. The van der Waals surface area contributed by atoms with Crippen molar-refractivity contribution in [2.75, 3.05) is 26.1 Å². The molecule has 1 aromatic rings. The average Bonchev–Trinajstić information content (AvgIpc) is 2.75. The molecule has 7 nitrogen and oxygen atoms in total. The summed E-state index contributed by atoms with van der Waals surface area (Å²) in [6.45, 7) is 7.34. The molecule has 1 aliphatic heterocycles. The van der Waals surface area contributed by atoms with Crippen molar-refractivity contribution in [3.8, 4) is 11.8 Å². The number of esters is 2. The fraction of sp³-hybridized carbons (Fsp3) is 0.318. The number of methoxy groups -OCH3 is 1. The van der Waals surface area contributed by atoms with E-state index in [0.717, 1.165) is 11.8 Å². The highest BCUT2D eigenvalue weighted by molar-refractivity contribution is 8.03. The third-order valence-corrected chi connectivity index (χ3v) is 5.28. The van der Waals surface area contributed by atoms with Crippen LogP contribution in [0.3, 0.4) is 0 Å². The molecule has 0 bridgehead atoms. The molecule has 158 valence electrons. The molecule has 30 heavy (non-hydrogen) atoms. The second-order valence-corrected chi connectivity index (χ2v) is 7.16. The molecule has 0 unspecified atom stereocenters. The van der Waals surface area contributed by atoms with E-state index in [-0.39, 0.29) is 24.9 Å². The Labute approximate surface area is 180 Å². The normalized spacial score (nSPS) is 15.7. The van der Waals surface area contributed by atoms with Gasteiger partial charge in [-0.25, -0.2) is 4.79 Å². The number of nitrogens with one attached hydrogen (secondary N) is 1. The van der Waals surface area contributed by atoms with Crippen LogP contribution in [0.2, 0.25) is 0 Å². The van der Waals surface area contributed by atoms with Gasteiger partial charge in [0.1, 0.15) is 12.4 Å². The first-order valence-corrected chi connectivity index (χ1v) is 10.3. The van der Waals surface area contributed by atoms with E-state index in [2.05, 4.69) is 18.0 Å². The van der Waals surface area contributed by atoms with Crippen molar-refractivity contribution in [1.82, 2.24) is 5.32 Å². The Morgan fingerprint density at radius 3 is 2.70 bits per heavy atom.